The maximum atomic E-state index is 12.8. The largest absolute Gasteiger partial charge is 0.433 e. The predicted molar refractivity (Wildman–Crippen MR) is 74.2 cm³/mol. The van der Waals surface area contributed by atoms with Crippen LogP contribution in [0.4, 0.5) is 13.2 Å². The van der Waals surface area contributed by atoms with Crippen molar-refractivity contribution >= 4 is 17.2 Å². The first-order valence-corrected chi connectivity index (χ1v) is 6.71. The molecule has 0 aromatic carbocycles. The molecule has 1 fully saturated rings. The van der Waals surface area contributed by atoms with Crippen molar-refractivity contribution in [1.82, 2.24) is 14.8 Å². The minimum atomic E-state index is -4.53. The third kappa shape index (κ3) is 2.76. The Morgan fingerprint density at radius 1 is 1.29 bits per heavy atom. The summed E-state index contributed by atoms with van der Waals surface area (Å²) in [5.41, 5.74) is 5.68. The zero-order chi connectivity index (χ0) is 15.2. The molecule has 2 aromatic heterocycles. The molecule has 2 heterocycles. The van der Waals surface area contributed by atoms with E-state index in [4.69, 9.17) is 18.0 Å². The molecule has 4 nitrogen and oxygen atoms in total. The molecule has 3 rings (SSSR count). The topological polar surface area (TPSA) is 56.7 Å². The van der Waals surface area contributed by atoms with Gasteiger partial charge in [0.1, 0.15) is 10.7 Å². The fourth-order valence-electron chi connectivity index (χ4n) is 2.03. The van der Waals surface area contributed by atoms with Crippen LogP contribution in [0.25, 0.3) is 5.82 Å². The Hall–Kier alpha value is -1.96. The molecular weight excluding hydrogens is 301 g/mol. The summed E-state index contributed by atoms with van der Waals surface area (Å²) < 4.78 is 39.7. The van der Waals surface area contributed by atoms with E-state index in [2.05, 4.69) is 10.1 Å². The van der Waals surface area contributed by atoms with E-state index >= 15 is 0 Å². The van der Waals surface area contributed by atoms with Gasteiger partial charge in [-0.25, -0.2) is 9.67 Å². The van der Waals surface area contributed by atoms with Crippen molar-refractivity contribution in [1.29, 1.82) is 0 Å². The number of alkyl halides is 3. The number of nitrogens with two attached hydrogens (primary N) is 1. The number of rotatable bonds is 3. The second-order valence-electron chi connectivity index (χ2n) is 4.89. The average molecular weight is 312 g/mol. The summed E-state index contributed by atoms with van der Waals surface area (Å²) in [7, 11) is 0. The zero-order valence-electron chi connectivity index (χ0n) is 10.8. The van der Waals surface area contributed by atoms with Crippen molar-refractivity contribution in [3.05, 3.63) is 41.3 Å². The van der Waals surface area contributed by atoms with Gasteiger partial charge in [0, 0.05) is 12.1 Å². The van der Waals surface area contributed by atoms with Gasteiger partial charge in [-0.05, 0) is 31.0 Å². The smallest absolute Gasteiger partial charge is 0.389 e. The first kappa shape index (κ1) is 14.0. The number of thiocarbonyl (C=S) groups is 1. The van der Waals surface area contributed by atoms with Crippen LogP contribution < -0.4 is 5.73 Å². The van der Waals surface area contributed by atoms with Gasteiger partial charge in [-0.15, -0.1) is 0 Å². The van der Waals surface area contributed by atoms with Gasteiger partial charge in [-0.2, -0.15) is 18.3 Å². The van der Waals surface area contributed by atoms with Crippen molar-refractivity contribution < 1.29 is 13.2 Å². The highest BCUT2D eigenvalue weighted by atomic mass is 32.1. The number of nitrogens with zero attached hydrogens (tertiary/aromatic N) is 3. The Bertz CT molecular complexity index is 704. The van der Waals surface area contributed by atoms with E-state index < -0.39 is 11.9 Å². The van der Waals surface area contributed by atoms with E-state index in [0.717, 1.165) is 24.6 Å². The second-order valence-corrected chi connectivity index (χ2v) is 5.33. The summed E-state index contributed by atoms with van der Waals surface area (Å²) in [5, 5.41) is 4.28. The van der Waals surface area contributed by atoms with Gasteiger partial charge in [0.15, 0.2) is 5.82 Å². The van der Waals surface area contributed by atoms with Crippen molar-refractivity contribution in [3.63, 3.8) is 0 Å². The fraction of sp³-hybridized carbons (Fsp3) is 0.308. The molecule has 2 aromatic rings. The maximum absolute atomic E-state index is 12.8. The molecule has 0 radical (unpaired) electrons. The third-order valence-corrected chi connectivity index (χ3v) is 3.47. The predicted octanol–water partition coefficient (Wildman–Crippen LogP) is 2.80. The number of hydrogen-bond donors (Lipinski definition) is 1. The molecule has 1 aliphatic rings. The minimum Gasteiger partial charge on any atom is -0.389 e. The van der Waals surface area contributed by atoms with Crippen molar-refractivity contribution in [3.8, 4) is 5.82 Å². The molecule has 0 unspecified atom stereocenters. The van der Waals surface area contributed by atoms with Crippen LogP contribution in [-0.4, -0.2) is 19.8 Å². The molecule has 1 aliphatic carbocycles. The number of aromatic nitrogens is 3. The quantitative estimate of drug-likeness (QED) is 0.886. The van der Waals surface area contributed by atoms with Crippen LogP contribution >= 0.6 is 12.2 Å². The van der Waals surface area contributed by atoms with Crippen LogP contribution in [-0.2, 0) is 6.18 Å². The van der Waals surface area contributed by atoms with E-state index in [1.807, 2.05) is 0 Å². The number of hydrogen-bond acceptors (Lipinski definition) is 3. The SMILES string of the molecule is NC(=S)c1ccc(C(F)(F)F)nc1-n1ccc(C2CC2)n1. The Labute approximate surface area is 123 Å². The molecule has 1 saturated carbocycles. The molecular formula is C13H11F3N4S. The van der Waals surface area contributed by atoms with E-state index in [1.54, 1.807) is 12.3 Å². The van der Waals surface area contributed by atoms with Gasteiger partial charge in [0.25, 0.3) is 0 Å². The van der Waals surface area contributed by atoms with Gasteiger partial charge in [-0.1, -0.05) is 12.2 Å². The van der Waals surface area contributed by atoms with Crippen LogP contribution in [0.3, 0.4) is 0 Å². The van der Waals surface area contributed by atoms with Crippen molar-refractivity contribution in [2.75, 3.05) is 0 Å². The minimum absolute atomic E-state index is 0.00391. The summed E-state index contributed by atoms with van der Waals surface area (Å²) in [6.07, 6.45) is -0.849. The van der Waals surface area contributed by atoms with E-state index in [-0.39, 0.29) is 16.4 Å². The molecule has 0 bridgehead atoms. The lowest BCUT2D eigenvalue weighted by atomic mass is 10.2. The molecule has 110 valence electrons. The maximum Gasteiger partial charge on any atom is 0.433 e. The van der Waals surface area contributed by atoms with Gasteiger partial charge in [0.05, 0.1) is 11.3 Å². The van der Waals surface area contributed by atoms with Gasteiger partial charge < -0.3 is 5.73 Å². The Kier molecular flexibility index (Phi) is 3.20. The molecule has 0 aliphatic heterocycles. The monoisotopic (exact) mass is 312 g/mol. The summed E-state index contributed by atoms with van der Waals surface area (Å²) in [6.45, 7) is 0. The molecule has 8 heteroatoms. The Balaban J connectivity index is 2.10. The molecule has 21 heavy (non-hydrogen) atoms. The summed E-state index contributed by atoms with van der Waals surface area (Å²) in [5.74, 6) is 0.398. The number of pyridine rings is 1. The molecule has 2 N–H and O–H groups in total. The van der Waals surface area contributed by atoms with Gasteiger partial charge in [-0.3, -0.25) is 0 Å². The molecule has 0 saturated heterocycles. The zero-order valence-corrected chi connectivity index (χ0v) is 11.6. The normalized spacial score (nSPS) is 15.2. The summed E-state index contributed by atoms with van der Waals surface area (Å²) >= 11 is 4.87. The van der Waals surface area contributed by atoms with E-state index in [0.29, 0.717) is 5.92 Å². The lowest BCUT2D eigenvalue weighted by molar-refractivity contribution is -0.141. The Morgan fingerprint density at radius 2 is 2.00 bits per heavy atom. The Morgan fingerprint density at radius 3 is 2.57 bits per heavy atom. The van der Waals surface area contributed by atoms with Crippen LogP contribution in [0, 0.1) is 0 Å². The van der Waals surface area contributed by atoms with Crippen molar-refractivity contribution in [2.24, 2.45) is 5.73 Å². The lowest BCUT2D eigenvalue weighted by Gasteiger charge is -2.11. The summed E-state index contributed by atoms with van der Waals surface area (Å²) in [4.78, 5) is 3.62. The van der Waals surface area contributed by atoms with E-state index in [9.17, 15) is 13.2 Å². The first-order valence-electron chi connectivity index (χ1n) is 6.30. The average Bonchev–Trinajstić information content (AvgIpc) is 3.15. The van der Waals surface area contributed by atoms with E-state index in [1.165, 1.54) is 10.7 Å². The first-order chi connectivity index (χ1) is 9.86. The highest BCUT2D eigenvalue weighted by Gasteiger charge is 2.33. The molecule has 0 atom stereocenters. The van der Waals surface area contributed by atoms with Crippen LogP contribution in [0.2, 0.25) is 0 Å². The highest BCUT2D eigenvalue weighted by Crippen LogP contribution is 2.39. The van der Waals surface area contributed by atoms with Crippen LogP contribution in [0.1, 0.15) is 35.7 Å². The molecule has 0 amide bonds. The van der Waals surface area contributed by atoms with Gasteiger partial charge >= 0.3 is 6.18 Å². The number of halogens is 3. The third-order valence-electron chi connectivity index (χ3n) is 3.25. The van der Waals surface area contributed by atoms with Gasteiger partial charge in [0.2, 0.25) is 0 Å². The highest BCUT2D eigenvalue weighted by molar-refractivity contribution is 7.80. The van der Waals surface area contributed by atoms with Crippen LogP contribution in [0.5, 0.6) is 0 Å². The lowest BCUT2D eigenvalue weighted by Crippen LogP contribution is -2.18. The summed E-state index contributed by atoms with van der Waals surface area (Å²) in [6, 6.07) is 3.87. The molecule has 0 spiro atoms. The fourth-order valence-corrected chi connectivity index (χ4v) is 2.19. The van der Waals surface area contributed by atoms with Crippen molar-refractivity contribution in [2.45, 2.75) is 24.9 Å². The second kappa shape index (κ2) is 4.80. The van der Waals surface area contributed by atoms with Crippen LogP contribution in [0.15, 0.2) is 24.4 Å². The standard InChI is InChI=1S/C13H11F3N4S/c14-13(15,16)10-4-3-8(11(17)21)12(18-10)20-6-5-9(19-20)7-1-2-7/h3-7H,1-2H2,(H2,17,21).